The van der Waals surface area contributed by atoms with Crippen molar-refractivity contribution in [2.75, 3.05) is 16.9 Å². The van der Waals surface area contributed by atoms with E-state index in [9.17, 15) is 4.79 Å². The third-order valence-electron chi connectivity index (χ3n) is 4.30. The first kappa shape index (κ1) is 14.0. The van der Waals surface area contributed by atoms with Gasteiger partial charge in [-0.15, -0.1) is 0 Å². The summed E-state index contributed by atoms with van der Waals surface area (Å²) in [6, 6.07) is 14.6. The van der Waals surface area contributed by atoms with Crippen molar-refractivity contribution in [2.45, 2.75) is 6.54 Å². The van der Waals surface area contributed by atoms with Crippen LogP contribution in [-0.2, 0) is 13.6 Å². The molecule has 0 atom stereocenters. The van der Waals surface area contributed by atoms with E-state index in [1.54, 1.807) is 0 Å². The lowest BCUT2D eigenvalue weighted by atomic mass is 10.1. The van der Waals surface area contributed by atoms with E-state index in [4.69, 9.17) is 12.2 Å². The summed E-state index contributed by atoms with van der Waals surface area (Å²) in [6.07, 6.45) is 0. The molecule has 0 fully saturated rings. The molecule has 2 heterocycles. The standard InChI is InChI=1S/C17H16N4OS/c1-20-15-14(16(22)19-17(20)23)9-21(10-18-15)13-7-6-11-4-2-3-5-12(11)8-13/h2-8,18H,9-10H2,1H3,(H,19,22,23). The van der Waals surface area contributed by atoms with E-state index in [1.165, 1.54) is 10.8 Å². The van der Waals surface area contributed by atoms with Crippen LogP contribution in [-0.4, -0.2) is 16.2 Å². The molecule has 0 spiro atoms. The summed E-state index contributed by atoms with van der Waals surface area (Å²) in [4.78, 5) is 17.1. The first-order valence-corrected chi connectivity index (χ1v) is 7.84. The minimum Gasteiger partial charge on any atom is -0.354 e. The van der Waals surface area contributed by atoms with Crippen molar-refractivity contribution < 1.29 is 0 Å². The molecule has 3 aromatic rings. The van der Waals surface area contributed by atoms with Gasteiger partial charge in [0.1, 0.15) is 5.82 Å². The van der Waals surface area contributed by atoms with Crippen LogP contribution in [0.25, 0.3) is 10.8 Å². The summed E-state index contributed by atoms with van der Waals surface area (Å²) in [5, 5.41) is 5.71. The van der Waals surface area contributed by atoms with E-state index in [0.717, 1.165) is 11.5 Å². The Hall–Kier alpha value is -2.60. The smallest absolute Gasteiger partial charge is 0.258 e. The molecule has 2 N–H and O–H groups in total. The first-order valence-electron chi connectivity index (χ1n) is 7.43. The summed E-state index contributed by atoms with van der Waals surface area (Å²) >= 11 is 5.16. The molecule has 4 rings (SSSR count). The Bertz CT molecular complexity index is 1020. The Labute approximate surface area is 138 Å². The number of fused-ring (bicyclic) bond motifs is 2. The van der Waals surface area contributed by atoms with Crippen LogP contribution in [0.3, 0.4) is 0 Å². The van der Waals surface area contributed by atoms with Crippen molar-refractivity contribution in [1.82, 2.24) is 9.55 Å². The molecule has 0 amide bonds. The highest BCUT2D eigenvalue weighted by Crippen LogP contribution is 2.26. The lowest BCUT2D eigenvalue weighted by Gasteiger charge is -2.32. The van der Waals surface area contributed by atoms with Crippen LogP contribution in [0.2, 0.25) is 0 Å². The molecular formula is C17H16N4OS. The van der Waals surface area contributed by atoms with Gasteiger partial charge in [0.25, 0.3) is 5.56 Å². The van der Waals surface area contributed by atoms with Crippen molar-refractivity contribution in [3.05, 3.63) is 63.2 Å². The van der Waals surface area contributed by atoms with Crippen LogP contribution in [0.15, 0.2) is 47.3 Å². The number of nitrogens with one attached hydrogen (secondary N) is 2. The van der Waals surface area contributed by atoms with Crippen molar-refractivity contribution in [3.63, 3.8) is 0 Å². The maximum absolute atomic E-state index is 12.2. The summed E-state index contributed by atoms with van der Waals surface area (Å²) < 4.78 is 2.24. The van der Waals surface area contributed by atoms with Crippen molar-refractivity contribution in [2.24, 2.45) is 7.05 Å². The Morgan fingerprint density at radius 1 is 1.13 bits per heavy atom. The van der Waals surface area contributed by atoms with Gasteiger partial charge in [0.05, 0.1) is 18.8 Å². The molecule has 6 heteroatoms. The second kappa shape index (κ2) is 5.24. The molecule has 1 aliphatic rings. The Kier molecular flexibility index (Phi) is 3.20. The van der Waals surface area contributed by atoms with E-state index in [0.29, 0.717) is 23.5 Å². The van der Waals surface area contributed by atoms with Crippen molar-refractivity contribution in [1.29, 1.82) is 0 Å². The number of rotatable bonds is 1. The molecule has 1 aliphatic heterocycles. The Morgan fingerprint density at radius 2 is 1.91 bits per heavy atom. The largest absolute Gasteiger partial charge is 0.354 e. The second-order valence-corrected chi connectivity index (χ2v) is 6.10. The summed E-state index contributed by atoms with van der Waals surface area (Å²) in [6.45, 7) is 1.19. The summed E-state index contributed by atoms with van der Waals surface area (Å²) in [7, 11) is 1.86. The fourth-order valence-electron chi connectivity index (χ4n) is 3.01. The van der Waals surface area contributed by atoms with Gasteiger partial charge in [0, 0.05) is 12.7 Å². The molecule has 2 aromatic carbocycles. The molecule has 0 saturated heterocycles. The number of benzene rings is 2. The van der Waals surface area contributed by atoms with Gasteiger partial charge in [-0.25, -0.2) is 0 Å². The first-order chi connectivity index (χ1) is 11.1. The molecule has 0 aliphatic carbocycles. The molecule has 116 valence electrons. The van der Waals surface area contributed by atoms with Crippen LogP contribution < -0.4 is 15.8 Å². The maximum Gasteiger partial charge on any atom is 0.258 e. The lowest BCUT2D eigenvalue weighted by Crippen LogP contribution is -2.39. The average Bonchev–Trinajstić information content (AvgIpc) is 2.59. The predicted molar refractivity (Wildman–Crippen MR) is 95.5 cm³/mol. The molecular weight excluding hydrogens is 308 g/mol. The average molecular weight is 324 g/mol. The zero-order valence-corrected chi connectivity index (χ0v) is 13.5. The van der Waals surface area contributed by atoms with Gasteiger partial charge in [-0.3, -0.25) is 9.78 Å². The second-order valence-electron chi connectivity index (χ2n) is 5.71. The van der Waals surface area contributed by atoms with Crippen molar-refractivity contribution in [3.8, 4) is 0 Å². The topological polar surface area (TPSA) is 53.1 Å². The highest BCUT2D eigenvalue weighted by Gasteiger charge is 2.21. The molecule has 1 aromatic heterocycles. The maximum atomic E-state index is 12.2. The molecule has 0 radical (unpaired) electrons. The number of hydrogen-bond acceptors (Lipinski definition) is 4. The summed E-state index contributed by atoms with van der Waals surface area (Å²) in [5.74, 6) is 0.802. The van der Waals surface area contributed by atoms with E-state index in [2.05, 4.69) is 45.5 Å². The Balaban J connectivity index is 1.76. The normalized spacial score (nSPS) is 13.7. The predicted octanol–water partition coefficient (Wildman–Crippen LogP) is 2.99. The van der Waals surface area contributed by atoms with Crippen LogP contribution >= 0.6 is 12.2 Å². The van der Waals surface area contributed by atoms with Gasteiger partial charge >= 0.3 is 0 Å². The van der Waals surface area contributed by atoms with Gasteiger partial charge in [0.15, 0.2) is 4.77 Å². The van der Waals surface area contributed by atoms with Gasteiger partial charge in [-0.1, -0.05) is 30.3 Å². The van der Waals surface area contributed by atoms with Gasteiger partial charge in [-0.2, -0.15) is 0 Å². The minimum absolute atomic E-state index is 0.124. The van der Waals surface area contributed by atoms with E-state index in [-0.39, 0.29) is 5.56 Å². The molecule has 5 nitrogen and oxygen atoms in total. The SMILES string of the molecule is Cn1c2c(c(=O)[nH]c1=S)CN(c1ccc3ccccc3c1)CN2. The van der Waals surface area contributed by atoms with Crippen LogP contribution in [0.5, 0.6) is 0 Å². The number of nitrogens with zero attached hydrogens (tertiary/aromatic N) is 2. The number of H-pyrrole nitrogens is 1. The quantitative estimate of drug-likeness (QED) is 0.676. The third-order valence-corrected chi connectivity index (χ3v) is 4.68. The number of aromatic nitrogens is 2. The van der Waals surface area contributed by atoms with E-state index >= 15 is 0 Å². The van der Waals surface area contributed by atoms with Gasteiger partial charge in [0.2, 0.25) is 0 Å². The highest BCUT2D eigenvalue weighted by molar-refractivity contribution is 7.71. The fraction of sp³-hybridized carbons (Fsp3) is 0.176. The zero-order valence-electron chi connectivity index (χ0n) is 12.7. The molecule has 0 saturated carbocycles. The van der Waals surface area contributed by atoms with Crippen molar-refractivity contribution >= 4 is 34.5 Å². The number of hydrogen-bond donors (Lipinski definition) is 2. The van der Waals surface area contributed by atoms with Crippen LogP contribution in [0, 0.1) is 4.77 Å². The van der Waals surface area contributed by atoms with E-state index in [1.807, 2.05) is 23.7 Å². The molecule has 23 heavy (non-hydrogen) atoms. The monoisotopic (exact) mass is 324 g/mol. The summed E-state index contributed by atoms with van der Waals surface area (Å²) in [5.41, 5.74) is 1.67. The molecule has 0 unspecified atom stereocenters. The van der Waals surface area contributed by atoms with Gasteiger partial charge in [-0.05, 0) is 35.1 Å². The van der Waals surface area contributed by atoms with Crippen LogP contribution in [0.1, 0.15) is 5.56 Å². The van der Waals surface area contributed by atoms with E-state index < -0.39 is 0 Å². The highest BCUT2D eigenvalue weighted by atomic mass is 32.1. The third kappa shape index (κ3) is 2.31. The zero-order chi connectivity index (χ0) is 16.0. The fourth-order valence-corrected chi connectivity index (χ4v) is 3.20. The number of aromatic amines is 1. The van der Waals surface area contributed by atoms with Gasteiger partial charge < -0.3 is 14.8 Å². The molecule has 0 bridgehead atoms. The van der Waals surface area contributed by atoms with Crippen LogP contribution in [0.4, 0.5) is 11.5 Å². The lowest BCUT2D eigenvalue weighted by molar-refractivity contribution is 0.731. The number of anilines is 2. The Morgan fingerprint density at radius 3 is 2.74 bits per heavy atom. The minimum atomic E-state index is -0.124.